The number of rotatable bonds is 9. The van der Waals surface area contributed by atoms with E-state index < -0.39 is 0 Å². The lowest BCUT2D eigenvalue weighted by Gasteiger charge is -2.33. The molecule has 0 radical (unpaired) electrons. The Balaban J connectivity index is 2.27. The second-order valence-corrected chi connectivity index (χ2v) is 8.20. The third-order valence-corrected chi connectivity index (χ3v) is 6.12. The Morgan fingerprint density at radius 1 is 1.07 bits per heavy atom. The molecule has 1 fully saturated rings. The van der Waals surface area contributed by atoms with Crippen LogP contribution in [0.5, 0.6) is 17.2 Å². The van der Waals surface area contributed by atoms with Gasteiger partial charge in [-0.25, -0.2) is 0 Å². The van der Waals surface area contributed by atoms with Gasteiger partial charge in [0.2, 0.25) is 11.7 Å². The normalized spacial score (nSPS) is 17.3. The number of ether oxygens (including phenoxy) is 3. The summed E-state index contributed by atoms with van der Waals surface area (Å²) in [6, 6.07) is 4.76. The summed E-state index contributed by atoms with van der Waals surface area (Å²) >= 11 is 1.64. The molecule has 0 bridgehead atoms. The van der Waals surface area contributed by atoms with Gasteiger partial charge in [-0.2, -0.15) is 0 Å². The summed E-state index contributed by atoms with van der Waals surface area (Å²) in [6.45, 7) is 10.3. The van der Waals surface area contributed by atoms with Crippen LogP contribution in [0.25, 0.3) is 0 Å². The molecule has 0 saturated carbocycles. The number of carbonyl (C=O) groups excluding carboxylic acids is 1. The fourth-order valence-corrected chi connectivity index (χ4v) is 4.75. The highest BCUT2D eigenvalue weighted by atomic mass is 32.2. The summed E-state index contributed by atoms with van der Waals surface area (Å²) in [7, 11) is 4.80. The molecule has 0 aliphatic carbocycles. The maximum atomic E-state index is 12.5. The van der Waals surface area contributed by atoms with E-state index in [9.17, 15) is 4.79 Å². The number of nitrogens with zero attached hydrogens (tertiary/aromatic N) is 2. The molecule has 0 N–H and O–H groups in total. The van der Waals surface area contributed by atoms with Crippen LogP contribution in [-0.2, 0) is 4.79 Å². The Hall–Kier alpha value is -1.60. The average Bonchev–Trinajstić information content (AvgIpc) is 3.00. The molecule has 1 aromatic carbocycles. The van der Waals surface area contributed by atoms with Crippen LogP contribution in [0.3, 0.4) is 0 Å². The summed E-state index contributed by atoms with van der Waals surface area (Å²) < 4.78 is 16.4. The number of methoxy groups -OCH3 is 3. The van der Waals surface area contributed by atoms with Crippen molar-refractivity contribution in [2.75, 3.05) is 40.2 Å². The number of amides is 1. The molecule has 27 heavy (non-hydrogen) atoms. The van der Waals surface area contributed by atoms with Crippen molar-refractivity contribution in [3.8, 4) is 17.2 Å². The zero-order chi connectivity index (χ0) is 20.1. The SMILES string of the molecule is COc1cc(C2SCC(=O)N2CCN(C(C)C)C(C)C)cc(OC)c1OC. The topological polar surface area (TPSA) is 51.2 Å². The molecule has 1 aromatic rings. The van der Waals surface area contributed by atoms with Crippen molar-refractivity contribution < 1.29 is 19.0 Å². The minimum atomic E-state index is -0.0487. The van der Waals surface area contributed by atoms with Crippen molar-refractivity contribution in [1.29, 1.82) is 0 Å². The first-order chi connectivity index (χ1) is 12.8. The van der Waals surface area contributed by atoms with Crippen LogP contribution >= 0.6 is 11.8 Å². The van der Waals surface area contributed by atoms with Crippen molar-refractivity contribution in [1.82, 2.24) is 9.80 Å². The van der Waals surface area contributed by atoms with E-state index >= 15 is 0 Å². The number of carbonyl (C=O) groups is 1. The van der Waals surface area contributed by atoms with Crippen molar-refractivity contribution in [2.24, 2.45) is 0 Å². The van der Waals surface area contributed by atoms with Crippen LogP contribution in [0.2, 0.25) is 0 Å². The van der Waals surface area contributed by atoms with Gasteiger partial charge in [0, 0.05) is 25.2 Å². The molecule has 1 amide bonds. The van der Waals surface area contributed by atoms with Gasteiger partial charge in [0.1, 0.15) is 5.37 Å². The Kier molecular flexibility index (Phi) is 7.68. The van der Waals surface area contributed by atoms with Crippen LogP contribution in [0.4, 0.5) is 0 Å². The molecule has 1 atom stereocenters. The van der Waals surface area contributed by atoms with Gasteiger partial charge in [-0.15, -0.1) is 11.8 Å². The first kappa shape index (κ1) is 21.7. The molecular formula is C20H32N2O4S. The van der Waals surface area contributed by atoms with Gasteiger partial charge in [0.15, 0.2) is 11.5 Å². The molecule has 152 valence electrons. The summed E-state index contributed by atoms with van der Waals surface area (Å²) in [4.78, 5) is 16.9. The lowest BCUT2D eigenvalue weighted by Crippen LogP contribution is -2.43. The Bertz CT molecular complexity index is 618. The van der Waals surface area contributed by atoms with E-state index in [1.807, 2.05) is 17.0 Å². The van der Waals surface area contributed by atoms with Gasteiger partial charge >= 0.3 is 0 Å². The van der Waals surface area contributed by atoms with Gasteiger partial charge in [-0.1, -0.05) is 0 Å². The molecule has 1 aliphatic heterocycles. The molecule has 2 rings (SSSR count). The van der Waals surface area contributed by atoms with Gasteiger partial charge < -0.3 is 19.1 Å². The highest BCUT2D eigenvalue weighted by Crippen LogP contribution is 2.45. The second kappa shape index (κ2) is 9.55. The molecule has 1 saturated heterocycles. The summed E-state index contributed by atoms with van der Waals surface area (Å²) in [5.41, 5.74) is 0.987. The molecule has 0 aromatic heterocycles. The fraction of sp³-hybridized carbons (Fsp3) is 0.650. The Labute approximate surface area is 167 Å². The van der Waals surface area contributed by atoms with Crippen LogP contribution in [-0.4, -0.2) is 68.0 Å². The van der Waals surface area contributed by atoms with E-state index in [1.165, 1.54) is 0 Å². The van der Waals surface area contributed by atoms with E-state index in [0.717, 1.165) is 12.1 Å². The maximum Gasteiger partial charge on any atom is 0.233 e. The number of thioether (sulfide) groups is 1. The van der Waals surface area contributed by atoms with E-state index in [1.54, 1.807) is 33.1 Å². The van der Waals surface area contributed by atoms with Crippen LogP contribution < -0.4 is 14.2 Å². The fourth-order valence-electron chi connectivity index (χ4n) is 3.55. The number of benzene rings is 1. The molecule has 1 unspecified atom stereocenters. The van der Waals surface area contributed by atoms with Crippen molar-refractivity contribution >= 4 is 17.7 Å². The zero-order valence-electron chi connectivity index (χ0n) is 17.4. The summed E-state index contributed by atoms with van der Waals surface area (Å²) in [6.07, 6.45) is 0. The maximum absolute atomic E-state index is 12.5. The molecule has 1 heterocycles. The molecule has 1 aliphatic rings. The zero-order valence-corrected chi connectivity index (χ0v) is 18.3. The van der Waals surface area contributed by atoms with Gasteiger partial charge in [0.05, 0.1) is 27.1 Å². The van der Waals surface area contributed by atoms with Crippen molar-refractivity contribution in [2.45, 2.75) is 45.2 Å². The average molecular weight is 397 g/mol. The first-order valence-corrected chi connectivity index (χ1v) is 10.4. The largest absolute Gasteiger partial charge is 0.493 e. The minimum absolute atomic E-state index is 0.0487. The third-order valence-electron chi connectivity index (χ3n) is 4.87. The summed E-state index contributed by atoms with van der Waals surface area (Å²) in [5, 5.41) is -0.0487. The molecule has 7 heteroatoms. The van der Waals surface area contributed by atoms with Crippen LogP contribution in [0.15, 0.2) is 12.1 Å². The lowest BCUT2D eigenvalue weighted by molar-refractivity contribution is -0.128. The highest BCUT2D eigenvalue weighted by Gasteiger charge is 2.34. The second-order valence-electron chi connectivity index (χ2n) is 7.13. The van der Waals surface area contributed by atoms with Gasteiger partial charge in [0.25, 0.3) is 0 Å². The smallest absolute Gasteiger partial charge is 0.233 e. The lowest BCUT2D eigenvalue weighted by atomic mass is 10.1. The number of hydrogen-bond acceptors (Lipinski definition) is 6. The van der Waals surface area contributed by atoms with Crippen LogP contribution in [0.1, 0.15) is 38.6 Å². The molecule has 6 nitrogen and oxygen atoms in total. The molecule has 0 spiro atoms. The predicted octanol–water partition coefficient (Wildman–Crippen LogP) is 3.41. The highest BCUT2D eigenvalue weighted by molar-refractivity contribution is 8.00. The van der Waals surface area contributed by atoms with E-state index in [2.05, 4.69) is 32.6 Å². The van der Waals surface area contributed by atoms with E-state index in [-0.39, 0.29) is 11.3 Å². The monoisotopic (exact) mass is 396 g/mol. The van der Waals surface area contributed by atoms with Crippen molar-refractivity contribution in [3.63, 3.8) is 0 Å². The van der Waals surface area contributed by atoms with Crippen molar-refractivity contribution in [3.05, 3.63) is 17.7 Å². The quantitative estimate of drug-likeness (QED) is 0.638. The van der Waals surface area contributed by atoms with Gasteiger partial charge in [-0.05, 0) is 45.4 Å². The first-order valence-electron chi connectivity index (χ1n) is 9.30. The van der Waals surface area contributed by atoms with E-state index in [0.29, 0.717) is 41.6 Å². The van der Waals surface area contributed by atoms with Gasteiger partial charge in [-0.3, -0.25) is 9.69 Å². The molecular weight excluding hydrogens is 364 g/mol. The number of hydrogen-bond donors (Lipinski definition) is 0. The Morgan fingerprint density at radius 3 is 2.07 bits per heavy atom. The third kappa shape index (κ3) is 4.82. The Morgan fingerprint density at radius 2 is 1.63 bits per heavy atom. The predicted molar refractivity (Wildman–Crippen MR) is 110 cm³/mol. The minimum Gasteiger partial charge on any atom is -0.493 e. The summed E-state index contributed by atoms with van der Waals surface area (Å²) in [5.74, 6) is 2.45. The standard InChI is InChI=1S/C20H32N2O4S/c1-13(2)21(14(3)4)8-9-22-18(23)12-27-20(22)15-10-16(24-5)19(26-7)17(11-15)25-6/h10-11,13-14,20H,8-9,12H2,1-7H3. The van der Waals surface area contributed by atoms with Crippen LogP contribution in [0, 0.1) is 0 Å². The van der Waals surface area contributed by atoms with E-state index in [4.69, 9.17) is 14.2 Å².